The van der Waals surface area contributed by atoms with E-state index in [2.05, 4.69) is 0 Å². The van der Waals surface area contributed by atoms with Crippen molar-refractivity contribution in [2.24, 2.45) is 0 Å². The van der Waals surface area contributed by atoms with Gasteiger partial charge < -0.3 is 5.11 Å². The molecular formula is C23H16O2. The van der Waals surface area contributed by atoms with Gasteiger partial charge in [0.05, 0.1) is 5.56 Å². The van der Waals surface area contributed by atoms with Gasteiger partial charge in [0.1, 0.15) is 5.75 Å². The first-order chi connectivity index (χ1) is 12.3. The van der Waals surface area contributed by atoms with Crippen LogP contribution in [0.5, 0.6) is 5.75 Å². The molecule has 0 aliphatic carbocycles. The van der Waals surface area contributed by atoms with Crippen LogP contribution >= 0.6 is 0 Å². The summed E-state index contributed by atoms with van der Waals surface area (Å²) < 4.78 is 0. The Kier molecular flexibility index (Phi) is 3.79. The van der Waals surface area contributed by atoms with Crippen LogP contribution in [-0.2, 0) is 0 Å². The molecule has 0 unspecified atom stereocenters. The zero-order chi connectivity index (χ0) is 17.2. The average Bonchev–Trinajstić information content (AvgIpc) is 2.69. The Bertz CT molecular complexity index is 1050. The van der Waals surface area contributed by atoms with E-state index in [1.54, 1.807) is 18.2 Å². The van der Waals surface area contributed by atoms with Crippen LogP contribution < -0.4 is 0 Å². The van der Waals surface area contributed by atoms with Crippen molar-refractivity contribution in [1.82, 2.24) is 0 Å². The van der Waals surface area contributed by atoms with Crippen LogP contribution in [0.4, 0.5) is 0 Å². The molecule has 4 aromatic rings. The second kappa shape index (κ2) is 6.25. The van der Waals surface area contributed by atoms with Crippen molar-refractivity contribution in [3.05, 3.63) is 102 Å². The Morgan fingerprint density at radius 1 is 0.680 bits per heavy atom. The summed E-state index contributed by atoms with van der Waals surface area (Å²) in [5.74, 6) is -0.148. The second-order valence-electron chi connectivity index (χ2n) is 5.93. The van der Waals surface area contributed by atoms with Crippen molar-refractivity contribution in [2.45, 2.75) is 0 Å². The third-order valence-corrected chi connectivity index (χ3v) is 4.38. The van der Waals surface area contributed by atoms with E-state index in [9.17, 15) is 9.90 Å². The van der Waals surface area contributed by atoms with Gasteiger partial charge in [-0.15, -0.1) is 0 Å². The summed E-state index contributed by atoms with van der Waals surface area (Å²) in [5, 5.41) is 12.3. The Morgan fingerprint density at radius 3 is 1.92 bits per heavy atom. The van der Waals surface area contributed by atoms with E-state index in [0.717, 1.165) is 16.5 Å². The molecule has 0 radical (unpaired) electrons. The fourth-order valence-corrected chi connectivity index (χ4v) is 3.13. The molecule has 25 heavy (non-hydrogen) atoms. The van der Waals surface area contributed by atoms with E-state index >= 15 is 0 Å². The molecule has 0 aromatic heterocycles. The average molecular weight is 324 g/mol. The standard InChI is InChI=1S/C23H16O2/c24-22(17-11-5-2-6-12-17)21-15-20(16-9-3-1-4-10-16)18-13-7-8-14-19(18)23(21)25/h1-15,25H. The zero-order valence-electron chi connectivity index (χ0n) is 13.5. The Balaban J connectivity index is 2.00. The number of phenols is 1. The Morgan fingerprint density at radius 2 is 1.24 bits per heavy atom. The minimum atomic E-state index is -0.180. The highest BCUT2D eigenvalue weighted by Crippen LogP contribution is 2.37. The summed E-state index contributed by atoms with van der Waals surface area (Å²) >= 11 is 0. The van der Waals surface area contributed by atoms with Gasteiger partial charge in [-0.1, -0.05) is 84.9 Å². The fourth-order valence-electron chi connectivity index (χ4n) is 3.13. The van der Waals surface area contributed by atoms with Crippen molar-refractivity contribution in [1.29, 1.82) is 0 Å². The third-order valence-electron chi connectivity index (χ3n) is 4.38. The number of phenolic OH excluding ortho intramolecular Hbond substituents is 1. The smallest absolute Gasteiger partial charge is 0.196 e. The van der Waals surface area contributed by atoms with E-state index in [1.165, 1.54) is 0 Å². The van der Waals surface area contributed by atoms with Crippen LogP contribution in [0.3, 0.4) is 0 Å². The van der Waals surface area contributed by atoms with E-state index in [4.69, 9.17) is 0 Å². The van der Waals surface area contributed by atoms with E-state index in [-0.39, 0.29) is 11.5 Å². The van der Waals surface area contributed by atoms with Crippen molar-refractivity contribution < 1.29 is 9.90 Å². The molecule has 120 valence electrons. The highest BCUT2D eigenvalue weighted by molar-refractivity contribution is 6.16. The van der Waals surface area contributed by atoms with Gasteiger partial charge >= 0.3 is 0 Å². The molecule has 2 nitrogen and oxygen atoms in total. The Labute approximate surface area is 146 Å². The Hall–Kier alpha value is -3.39. The molecule has 0 atom stereocenters. The van der Waals surface area contributed by atoms with Gasteiger partial charge in [0.25, 0.3) is 0 Å². The quantitative estimate of drug-likeness (QED) is 0.509. The van der Waals surface area contributed by atoms with Gasteiger partial charge in [0.15, 0.2) is 5.78 Å². The number of fused-ring (bicyclic) bond motifs is 1. The molecule has 2 heteroatoms. The first-order valence-corrected chi connectivity index (χ1v) is 8.15. The number of carbonyl (C=O) groups is 1. The monoisotopic (exact) mass is 324 g/mol. The first kappa shape index (κ1) is 15.2. The first-order valence-electron chi connectivity index (χ1n) is 8.15. The van der Waals surface area contributed by atoms with Crippen LogP contribution in [0.25, 0.3) is 21.9 Å². The van der Waals surface area contributed by atoms with Crippen molar-refractivity contribution in [3.63, 3.8) is 0 Å². The molecule has 0 amide bonds. The molecule has 0 aliphatic heterocycles. The minimum Gasteiger partial charge on any atom is -0.507 e. The highest BCUT2D eigenvalue weighted by atomic mass is 16.3. The van der Waals surface area contributed by atoms with E-state index in [1.807, 2.05) is 72.8 Å². The third kappa shape index (κ3) is 2.68. The van der Waals surface area contributed by atoms with Gasteiger partial charge in [0.2, 0.25) is 0 Å². The van der Waals surface area contributed by atoms with Crippen molar-refractivity contribution in [3.8, 4) is 16.9 Å². The highest BCUT2D eigenvalue weighted by Gasteiger charge is 2.18. The molecule has 0 spiro atoms. The lowest BCUT2D eigenvalue weighted by Crippen LogP contribution is -2.02. The molecule has 0 fully saturated rings. The van der Waals surface area contributed by atoms with Crippen molar-refractivity contribution >= 4 is 16.6 Å². The van der Waals surface area contributed by atoms with E-state index < -0.39 is 0 Å². The predicted molar refractivity (Wildman–Crippen MR) is 101 cm³/mol. The summed E-state index contributed by atoms with van der Waals surface area (Å²) in [6.07, 6.45) is 0. The summed E-state index contributed by atoms with van der Waals surface area (Å²) in [7, 11) is 0. The van der Waals surface area contributed by atoms with Crippen LogP contribution in [0.1, 0.15) is 15.9 Å². The lowest BCUT2D eigenvalue weighted by Gasteiger charge is -2.13. The van der Waals surface area contributed by atoms with Crippen molar-refractivity contribution in [2.75, 3.05) is 0 Å². The van der Waals surface area contributed by atoms with Gasteiger partial charge in [-0.3, -0.25) is 4.79 Å². The molecular weight excluding hydrogens is 308 g/mol. The van der Waals surface area contributed by atoms with Crippen LogP contribution in [-0.4, -0.2) is 10.9 Å². The summed E-state index contributed by atoms with van der Waals surface area (Å²) in [5.41, 5.74) is 2.84. The van der Waals surface area contributed by atoms with Crippen LogP contribution in [0.2, 0.25) is 0 Å². The lowest BCUT2D eigenvalue weighted by molar-refractivity contribution is 0.103. The number of hydrogen-bond acceptors (Lipinski definition) is 2. The molecule has 4 rings (SSSR count). The predicted octanol–water partition coefficient (Wildman–Crippen LogP) is 5.44. The largest absolute Gasteiger partial charge is 0.507 e. The summed E-state index contributed by atoms with van der Waals surface area (Å²) in [4.78, 5) is 12.9. The maximum atomic E-state index is 12.9. The normalized spacial score (nSPS) is 10.7. The molecule has 0 heterocycles. The molecule has 0 saturated heterocycles. The molecule has 0 saturated carbocycles. The summed E-state index contributed by atoms with van der Waals surface area (Å²) in [6, 6.07) is 28.4. The van der Waals surface area contributed by atoms with Gasteiger partial charge in [-0.2, -0.15) is 0 Å². The van der Waals surface area contributed by atoms with Crippen LogP contribution in [0, 0.1) is 0 Å². The van der Waals surface area contributed by atoms with E-state index in [0.29, 0.717) is 16.5 Å². The van der Waals surface area contributed by atoms with Gasteiger partial charge in [0, 0.05) is 10.9 Å². The maximum absolute atomic E-state index is 12.9. The molecule has 0 aliphatic rings. The second-order valence-corrected chi connectivity index (χ2v) is 5.93. The number of hydrogen-bond donors (Lipinski definition) is 1. The topological polar surface area (TPSA) is 37.3 Å². The molecule has 1 N–H and O–H groups in total. The minimum absolute atomic E-state index is 0.0316. The molecule has 4 aromatic carbocycles. The van der Waals surface area contributed by atoms with Crippen LogP contribution in [0.15, 0.2) is 91.0 Å². The maximum Gasteiger partial charge on any atom is 0.196 e. The van der Waals surface area contributed by atoms with Gasteiger partial charge in [-0.05, 0) is 22.6 Å². The summed E-state index contributed by atoms with van der Waals surface area (Å²) in [6.45, 7) is 0. The number of carbonyl (C=O) groups excluding carboxylic acids is 1. The zero-order valence-corrected chi connectivity index (χ0v) is 13.5. The number of aromatic hydroxyl groups is 1. The number of rotatable bonds is 3. The SMILES string of the molecule is O=C(c1ccccc1)c1cc(-c2ccccc2)c2ccccc2c1O. The number of benzene rings is 4. The fraction of sp³-hybridized carbons (Fsp3) is 0. The van der Waals surface area contributed by atoms with Gasteiger partial charge in [-0.25, -0.2) is 0 Å². The lowest BCUT2D eigenvalue weighted by atomic mass is 9.91. The molecule has 0 bridgehead atoms. The number of ketones is 1.